The van der Waals surface area contributed by atoms with Crippen molar-refractivity contribution >= 4 is 5.91 Å². The zero-order valence-electron chi connectivity index (χ0n) is 15.2. The van der Waals surface area contributed by atoms with Crippen LogP contribution in [-0.4, -0.2) is 40.4 Å². The number of rotatable bonds is 4. The number of fused-ring (bicyclic) bond motifs is 1. The van der Waals surface area contributed by atoms with E-state index in [2.05, 4.69) is 22.4 Å². The molecule has 2 aromatic rings. The molecule has 0 spiro atoms. The Hall–Kier alpha value is -2.27. The fourth-order valence-electron chi connectivity index (χ4n) is 3.89. The van der Waals surface area contributed by atoms with Crippen LogP contribution in [0.5, 0.6) is 0 Å². The molecule has 5 heteroatoms. The van der Waals surface area contributed by atoms with Gasteiger partial charge in [-0.25, -0.2) is 9.97 Å². The molecule has 2 aliphatic rings. The van der Waals surface area contributed by atoms with Crippen LogP contribution >= 0.6 is 0 Å². The number of likely N-dealkylation sites (tertiary alicyclic amines) is 1. The molecule has 136 valence electrons. The summed E-state index contributed by atoms with van der Waals surface area (Å²) in [5.41, 5.74) is 3.66. The highest BCUT2D eigenvalue weighted by atomic mass is 16.2. The first-order valence-corrected chi connectivity index (χ1v) is 9.67. The Kier molecular flexibility index (Phi) is 5.25. The number of piperidine rings is 1. The van der Waals surface area contributed by atoms with E-state index in [1.165, 1.54) is 16.8 Å². The second-order valence-electron chi connectivity index (χ2n) is 7.27. The van der Waals surface area contributed by atoms with Gasteiger partial charge in [0.2, 0.25) is 5.91 Å². The van der Waals surface area contributed by atoms with E-state index < -0.39 is 0 Å². The molecule has 4 rings (SSSR count). The first kappa shape index (κ1) is 17.2. The van der Waals surface area contributed by atoms with Crippen molar-refractivity contribution in [2.75, 3.05) is 19.6 Å². The van der Waals surface area contributed by atoms with Crippen LogP contribution in [0.1, 0.15) is 47.8 Å². The van der Waals surface area contributed by atoms with Crippen molar-refractivity contribution in [1.82, 2.24) is 20.2 Å². The molecule has 1 amide bonds. The number of aryl methyl sites for hydroxylation is 1. The minimum atomic E-state index is 0.268. The standard InChI is InChI=1S/C21H26N4O/c26-20(7-6-16-4-2-1-3-5-16)25-12-9-17(10-13-25)21-23-15-18-14-22-11-8-19(18)24-21/h1-5,15,17,22H,6-14H2. The minimum Gasteiger partial charge on any atom is -0.343 e. The first-order chi connectivity index (χ1) is 12.8. The number of carbonyl (C=O) groups is 1. The molecule has 0 radical (unpaired) electrons. The average Bonchev–Trinajstić information content (AvgIpc) is 2.72. The fraction of sp³-hybridized carbons (Fsp3) is 0.476. The Labute approximate surface area is 154 Å². The van der Waals surface area contributed by atoms with Crippen LogP contribution in [0.2, 0.25) is 0 Å². The van der Waals surface area contributed by atoms with E-state index in [-0.39, 0.29) is 5.91 Å². The Bertz CT molecular complexity index is 754. The van der Waals surface area contributed by atoms with E-state index in [1.807, 2.05) is 29.3 Å². The van der Waals surface area contributed by atoms with Crippen LogP contribution in [0.15, 0.2) is 36.5 Å². The van der Waals surface area contributed by atoms with E-state index in [0.717, 1.165) is 57.7 Å². The van der Waals surface area contributed by atoms with Crippen molar-refractivity contribution in [2.45, 2.75) is 44.6 Å². The molecular formula is C21H26N4O. The summed E-state index contributed by atoms with van der Waals surface area (Å²) in [6.07, 6.45) is 6.32. The topological polar surface area (TPSA) is 58.1 Å². The lowest BCUT2D eigenvalue weighted by atomic mass is 9.95. The van der Waals surface area contributed by atoms with Gasteiger partial charge in [0.15, 0.2) is 0 Å². The Morgan fingerprint density at radius 1 is 1.19 bits per heavy atom. The number of hydrogen-bond acceptors (Lipinski definition) is 4. The molecule has 0 aliphatic carbocycles. The van der Waals surface area contributed by atoms with Crippen LogP contribution < -0.4 is 5.32 Å². The largest absolute Gasteiger partial charge is 0.343 e. The van der Waals surface area contributed by atoms with E-state index in [9.17, 15) is 4.79 Å². The van der Waals surface area contributed by atoms with Crippen molar-refractivity contribution in [3.63, 3.8) is 0 Å². The molecule has 0 saturated carbocycles. The lowest BCUT2D eigenvalue weighted by molar-refractivity contribution is -0.132. The average molecular weight is 350 g/mol. The fourth-order valence-corrected chi connectivity index (χ4v) is 3.89. The third-order valence-electron chi connectivity index (χ3n) is 5.51. The molecule has 1 aromatic carbocycles. The molecule has 5 nitrogen and oxygen atoms in total. The highest BCUT2D eigenvalue weighted by molar-refractivity contribution is 5.76. The van der Waals surface area contributed by atoms with Gasteiger partial charge < -0.3 is 10.2 Å². The Morgan fingerprint density at radius 2 is 2.00 bits per heavy atom. The van der Waals surface area contributed by atoms with E-state index in [0.29, 0.717) is 12.3 Å². The van der Waals surface area contributed by atoms with Crippen LogP contribution in [0.4, 0.5) is 0 Å². The van der Waals surface area contributed by atoms with Crippen molar-refractivity contribution < 1.29 is 4.79 Å². The lowest BCUT2D eigenvalue weighted by Crippen LogP contribution is -2.38. The molecule has 3 heterocycles. The number of hydrogen-bond donors (Lipinski definition) is 1. The van der Waals surface area contributed by atoms with Gasteiger partial charge in [0.05, 0.1) is 0 Å². The third-order valence-corrected chi connectivity index (χ3v) is 5.51. The van der Waals surface area contributed by atoms with Crippen LogP contribution in [0, 0.1) is 0 Å². The summed E-state index contributed by atoms with van der Waals surface area (Å²) >= 11 is 0. The summed E-state index contributed by atoms with van der Waals surface area (Å²) in [5, 5.41) is 3.36. The molecule has 0 bridgehead atoms. The van der Waals surface area contributed by atoms with Gasteiger partial charge in [-0.05, 0) is 24.8 Å². The molecule has 0 atom stereocenters. The number of benzene rings is 1. The van der Waals surface area contributed by atoms with Crippen LogP contribution in [-0.2, 0) is 24.2 Å². The van der Waals surface area contributed by atoms with Gasteiger partial charge in [-0.1, -0.05) is 30.3 Å². The summed E-state index contributed by atoms with van der Waals surface area (Å²) in [7, 11) is 0. The van der Waals surface area contributed by atoms with Crippen molar-refractivity contribution in [3.05, 3.63) is 59.2 Å². The molecule has 2 aliphatic heterocycles. The molecule has 0 unspecified atom stereocenters. The van der Waals surface area contributed by atoms with Gasteiger partial charge in [0.25, 0.3) is 0 Å². The quantitative estimate of drug-likeness (QED) is 0.920. The molecule has 1 saturated heterocycles. The second kappa shape index (κ2) is 7.96. The van der Waals surface area contributed by atoms with Crippen LogP contribution in [0.3, 0.4) is 0 Å². The molecular weight excluding hydrogens is 324 g/mol. The van der Waals surface area contributed by atoms with Crippen LogP contribution in [0.25, 0.3) is 0 Å². The highest BCUT2D eigenvalue weighted by Crippen LogP contribution is 2.27. The Balaban J connectivity index is 1.30. The number of nitrogens with one attached hydrogen (secondary N) is 1. The number of aromatic nitrogens is 2. The molecule has 1 fully saturated rings. The van der Waals surface area contributed by atoms with Gasteiger partial charge in [-0.2, -0.15) is 0 Å². The highest BCUT2D eigenvalue weighted by Gasteiger charge is 2.26. The summed E-state index contributed by atoms with van der Waals surface area (Å²) < 4.78 is 0. The van der Waals surface area contributed by atoms with E-state index >= 15 is 0 Å². The maximum atomic E-state index is 12.5. The SMILES string of the molecule is O=C(CCc1ccccc1)N1CCC(c2ncc3c(n2)CCNC3)CC1. The zero-order chi connectivity index (χ0) is 17.8. The minimum absolute atomic E-state index is 0.268. The van der Waals surface area contributed by atoms with Gasteiger partial charge in [0.1, 0.15) is 5.82 Å². The van der Waals surface area contributed by atoms with Crippen molar-refractivity contribution in [3.8, 4) is 0 Å². The lowest BCUT2D eigenvalue weighted by Gasteiger charge is -2.31. The molecule has 1 aromatic heterocycles. The van der Waals surface area contributed by atoms with Crippen molar-refractivity contribution in [2.24, 2.45) is 0 Å². The summed E-state index contributed by atoms with van der Waals surface area (Å²) in [5.74, 6) is 1.63. The van der Waals surface area contributed by atoms with Gasteiger partial charge in [-0.15, -0.1) is 0 Å². The molecule has 26 heavy (non-hydrogen) atoms. The summed E-state index contributed by atoms with van der Waals surface area (Å²) in [6, 6.07) is 10.2. The summed E-state index contributed by atoms with van der Waals surface area (Å²) in [6.45, 7) is 3.52. The monoisotopic (exact) mass is 350 g/mol. The predicted molar refractivity (Wildman–Crippen MR) is 101 cm³/mol. The number of nitrogens with zero attached hydrogens (tertiary/aromatic N) is 3. The number of amides is 1. The Morgan fingerprint density at radius 3 is 2.81 bits per heavy atom. The summed E-state index contributed by atoms with van der Waals surface area (Å²) in [4.78, 5) is 23.9. The van der Waals surface area contributed by atoms with Gasteiger partial charge in [-0.3, -0.25) is 4.79 Å². The molecule has 1 N–H and O–H groups in total. The van der Waals surface area contributed by atoms with E-state index in [4.69, 9.17) is 4.98 Å². The van der Waals surface area contributed by atoms with Gasteiger partial charge >= 0.3 is 0 Å². The maximum absolute atomic E-state index is 12.5. The number of carbonyl (C=O) groups excluding carboxylic acids is 1. The normalized spacial score (nSPS) is 17.8. The van der Waals surface area contributed by atoms with Crippen molar-refractivity contribution in [1.29, 1.82) is 0 Å². The zero-order valence-corrected chi connectivity index (χ0v) is 15.2. The first-order valence-electron chi connectivity index (χ1n) is 9.67. The third kappa shape index (κ3) is 3.93. The predicted octanol–water partition coefficient (Wildman–Crippen LogP) is 2.46. The second-order valence-corrected chi connectivity index (χ2v) is 7.27. The smallest absolute Gasteiger partial charge is 0.222 e. The van der Waals surface area contributed by atoms with Gasteiger partial charge in [0, 0.05) is 62.4 Å². The maximum Gasteiger partial charge on any atom is 0.222 e. The van der Waals surface area contributed by atoms with E-state index in [1.54, 1.807) is 0 Å².